The number of fused-ring (bicyclic) bond motifs is 5. The Balaban J connectivity index is 0.000000153. The van der Waals surface area contributed by atoms with Gasteiger partial charge >= 0.3 is 0 Å². The first-order valence-electron chi connectivity index (χ1n) is 38.1. The number of ether oxygens (including phenoxy) is 1. The Morgan fingerprint density at radius 2 is 0.912 bits per heavy atom. The van der Waals surface area contributed by atoms with Crippen molar-refractivity contribution in [2.24, 2.45) is 0 Å². The molecule has 0 atom stereocenters. The highest BCUT2D eigenvalue weighted by molar-refractivity contribution is 7.92. The second-order valence-electron chi connectivity index (χ2n) is 27.3. The summed E-state index contributed by atoms with van der Waals surface area (Å²) in [6, 6.07) is 54.9. The van der Waals surface area contributed by atoms with Gasteiger partial charge in [-0.15, -0.1) is 51.8 Å². The van der Waals surface area contributed by atoms with Crippen molar-refractivity contribution >= 4 is 146 Å². The number of anilines is 3. The number of aliphatic hydroxyl groups excluding tert-OH is 2. The van der Waals surface area contributed by atoms with Gasteiger partial charge in [-0.2, -0.15) is 0 Å². The fourth-order valence-electron chi connectivity index (χ4n) is 12.0. The van der Waals surface area contributed by atoms with Crippen LogP contribution >= 0.6 is 56.7 Å². The molecule has 21 nitrogen and oxygen atoms in total. The van der Waals surface area contributed by atoms with Crippen molar-refractivity contribution in [2.75, 3.05) is 29.5 Å². The van der Waals surface area contributed by atoms with Crippen molar-refractivity contribution in [1.82, 2.24) is 35.0 Å². The maximum absolute atomic E-state index is 13.3. The number of phenols is 4. The zero-order valence-corrected chi connectivity index (χ0v) is 72.8. The average molecular weight is 1780 g/mol. The topological polar surface area (TPSA) is 337 Å². The lowest BCUT2D eigenvalue weighted by Gasteiger charge is -2.06. The van der Waals surface area contributed by atoms with Crippen LogP contribution in [0.4, 0.5) is 25.3 Å². The molecule has 0 unspecified atom stereocenters. The van der Waals surface area contributed by atoms with E-state index < -0.39 is 22.4 Å². The van der Waals surface area contributed by atoms with Crippen LogP contribution in [0.25, 0.3) is 51.1 Å². The van der Waals surface area contributed by atoms with Crippen LogP contribution in [0.5, 0.6) is 28.7 Å². The first-order valence-corrected chi connectivity index (χ1v) is 43.8. The van der Waals surface area contributed by atoms with Gasteiger partial charge in [0.1, 0.15) is 57.4 Å². The minimum Gasteiger partial charge on any atom is -0.506 e. The van der Waals surface area contributed by atoms with Crippen LogP contribution in [0.15, 0.2) is 194 Å². The van der Waals surface area contributed by atoms with E-state index in [-0.39, 0.29) is 60.8 Å². The molecule has 2 amide bonds. The molecule has 0 spiro atoms. The van der Waals surface area contributed by atoms with Crippen LogP contribution in [0, 0.1) is 99.2 Å². The van der Waals surface area contributed by atoms with Crippen LogP contribution < -0.4 is 31.1 Å². The van der Waals surface area contributed by atoms with Crippen molar-refractivity contribution in [3.63, 3.8) is 0 Å². The normalized spacial score (nSPS) is 10.5. The molecule has 29 heteroatoms. The minimum atomic E-state index is -3.47. The number of alkyl halides is 2. The highest BCUT2D eigenvalue weighted by Gasteiger charge is 2.18. The van der Waals surface area contributed by atoms with Gasteiger partial charge in [0.05, 0.1) is 68.8 Å². The number of aromatic hydroxyl groups is 4. The Morgan fingerprint density at radius 3 is 1.38 bits per heavy atom. The average Bonchev–Trinajstić information content (AvgIpc) is 1.70. The van der Waals surface area contributed by atoms with Crippen molar-refractivity contribution in [3.8, 4) is 100 Å². The number of hydrogen-bond acceptors (Lipinski definition) is 23. The number of thiazole rings is 5. The number of nitrogens with zero attached hydrogens (tertiary/aromatic N) is 5. The molecule has 0 radical (unpaired) electrons. The number of phenolic OH excluding ortho intramolecular Hbond substituents is 4. The number of carbonyl (C=O) groups excluding carboxylic acids is 2. The maximum atomic E-state index is 13.3. The maximum Gasteiger partial charge on any atom is 0.295 e. The molecule has 630 valence electrons. The number of aryl methyl sites for hydroxylation is 4. The van der Waals surface area contributed by atoms with Crippen LogP contribution in [0.1, 0.15) is 106 Å². The van der Waals surface area contributed by atoms with Crippen LogP contribution in [-0.2, 0) is 65.2 Å². The third-order valence-electron chi connectivity index (χ3n) is 17.5. The summed E-state index contributed by atoms with van der Waals surface area (Å²) in [6.45, 7) is 13.2. The summed E-state index contributed by atoms with van der Waals surface area (Å²) in [7, 11) is -3.47. The smallest absolute Gasteiger partial charge is 0.295 e. The number of carbonyl (C=O) groups is 2. The van der Waals surface area contributed by atoms with Crippen molar-refractivity contribution in [1.29, 1.82) is 0 Å². The van der Waals surface area contributed by atoms with Gasteiger partial charge in [-0.3, -0.25) is 9.59 Å². The van der Waals surface area contributed by atoms with Gasteiger partial charge in [0, 0.05) is 89.4 Å². The number of halogens is 2. The summed E-state index contributed by atoms with van der Waals surface area (Å²) in [5.41, 5.74) is 19.9. The highest BCUT2D eigenvalue weighted by atomic mass is 32.2. The second kappa shape index (κ2) is 44.2. The number of terminal acetylenes is 1. The number of nitrogens with one attached hydrogen (secondary N) is 4. The van der Waals surface area contributed by atoms with Crippen LogP contribution in [0.2, 0.25) is 0 Å². The third-order valence-corrected chi connectivity index (χ3v) is 23.1. The molecular formula is C96H80F2N10O11S6. The Hall–Kier alpha value is -14.0. The number of nitrogens with two attached hydrogens (primary N) is 1. The molecule has 0 saturated carbocycles. The molecule has 15 aromatic rings. The Bertz CT molecular complexity index is 7030. The van der Waals surface area contributed by atoms with Gasteiger partial charge in [-0.1, -0.05) is 162 Å². The summed E-state index contributed by atoms with van der Waals surface area (Å²) in [5, 5.41) is 71.6. The molecule has 0 saturated heterocycles. The standard InChI is InChI=1S/C22H17F2N3OS.C20H18N2O4S2.C19H16N2O3S.C18H15NO2S.C17H14N2OS/c1-3-20(28)26-13-16-6-4-8-17(10-16)25-9-5-7-15-11-18(22(23)24)21-19(12-15)29-14(2)27-21;1-3-28(24,25)21-13-16-6-4-8-17(10-16)26-9-5-7-15-11-18(23)20-19(12-15)27-14(2)22-20;1-12(23)20-19-21-18-16(24)9-14(10-17(18)25-19)6-2-4-13-5-3-7-15(8-13)11-22;1-12-19-18-16(21)9-14(10-17(18)22-12)6-2-4-13-5-3-7-15(8-13)11-20;1-11-19-17-15(20)9-13(10-16(17)21-11)6-2-4-12-5-3-7-14(18)8-12/h1,4,6,8,10-12,22,25H,9,13H2,2H3,(H,26,28);3-4,6,8,10-12,21,23H,1,9,13H2,2H3;3,5,7-10,22,24H,4,11H2,1H3,(H,20,21,23);3,5,7-10,20-21H,4,11H2,1H3;3,5,7-10,20H,4,18H2,1H3. The largest absolute Gasteiger partial charge is 0.506 e. The molecule has 0 aliphatic rings. The molecule has 0 fully saturated rings. The molecule has 5 heterocycles. The molecular weight excluding hydrogens is 1700 g/mol. The van der Waals surface area contributed by atoms with E-state index in [0.29, 0.717) is 92.2 Å². The van der Waals surface area contributed by atoms with E-state index in [2.05, 4.69) is 111 Å². The molecule has 15 rings (SSSR count). The fraction of sp³-hybridized carbons (Fsp3) is 0.156. The molecule has 5 aromatic heterocycles. The first kappa shape index (κ1) is 91.7. The van der Waals surface area contributed by atoms with Crippen molar-refractivity contribution in [2.45, 2.75) is 86.6 Å². The van der Waals surface area contributed by atoms with Crippen LogP contribution in [-0.4, -0.2) is 88.9 Å². The van der Waals surface area contributed by atoms with E-state index in [0.717, 1.165) is 106 Å². The van der Waals surface area contributed by atoms with Gasteiger partial charge in [0.25, 0.3) is 12.3 Å². The van der Waals surface area contributed by atoms with E-state index >= 15 is 0 Å². The van der Waals surface area contributed by atoms with Crippen molar-refractivity contribution in [3.05, 3.63) is 286 Å². The predicted molar refractivity (Wildman–Crippen MR) is 498 cm³/mol. The molecule has 0 bridgehead atoms. The second-order valence-corrected chi connectivity index (χ2v) is 35.0. The number of aliphatic hydroxyl groups is 2. The lowest BCUT2D eigenvalue weighted by molar-refractivity contribution is -0.116. The Labute approximate surface area is 740 Å². The summed E-state index contributed by atoms with van der Waals surface area (Å²) >= 11 is 7.27. The van der Waals surface area contributed by atoms with Crippen LogP contribution in [0.3, 0.4) is 0 Å². The van der Waals surface area contributed by atoms with Gasteiger partial charge in [-0.25, -0.2) is 46.8 Å². The van der Waals surface area contributed by atoms with E-state index in [1.807, 2.05) is 148 Å². The van der Waals surface area contributed by atoms with Crippen molar-refractivity contribution < 1.29 is 62.2 Å². The molecule has 12 N–H and O–H groups in total. The number of benzene rings is 10. The number of sulfonamides is 1. The minimum absolute atomic E-state index is 0.00776. The lowest BCUT2D eigenvalue weighted by atomic mass is 10.1. The Morgan fingerprint density at radius 1 is 0.504 bits per heavy atom. The van der Waals surface area contributed by atoms with E-state index in [4.69, 9.17) is 27.1 Å². The molecule has 0 aliphatic carbocycles. The molecule has 125 heavy (non-hydrogen) atoms. The zero-order valence-electron chi connectivity index (χ0n) is 67.9. The molecule has 10 aromatic carbocycles. The zero-order chi connectivity index (χ0) is 89.1. The lowest BCUT2D eigenvalue weighted by Crippen LogP contribution is -2.20. The summed E-state index contributed by atoms with van der Waals surface area (Å²) in [6.07, 6.45) is 4.20. The summed E-state index contributed by atoms with van der Waals surface area (Å²) in [4.78, 5) is 43.5. The van der Waals surface area contributed by atoms with E-state index in [1.54, 1.807) is 84.2 Å². The number of rotatable bonds is 17. The van der Waals surface area contributed by atoms with Gasteiger partial charge < -0.3 is 57.1 Å². The van der Waals surface area contributed by atoms with Gasteiger partial charge in [0.15, 0.2) is 5.13 Å². The number of nitrogen functional groups attached to an aromatic ring is 1. The van der Waals surface area contributed by atoms with Gasteiger partial charge in [0.2, 0.25) is 15.9 Å². The fourth-order valence-corrected chi connectivity index (χ4v) is 17.0. The highest BCUT2D eigenvalue weighted by Crippen LogP contribution is 2.37. The third kappa shape index (κ3) is 27.5. The number of amides is 2. The van der Waals surface area contributed by atoms with E-state index in [1.165, 1.54) is 47.0 Å². The quantitative estimate of drug-likeness (QED) is 0.0298. The SMILES string of the molecule is C#CC(=O)NCc1cccc(NCC#Cc2cc(C(F)F)c3nc(C)sc3c2)c1.C=CS(=O)(=O)NCc1cccc(OCC#Cc2cc(O)c3nc(C)sc3c2)c1.CC(=O)Nc1nc2c(O)cc(C#CCc3cccc(CO)c3)cc2s1.Cc1nc2c(O)cc(C#CCc3cccc(CO)c3)cc2s1.Cc1nc2c(O)cc(C#CCc3cccc(N)c3)cc2s1. The molecule has 0 aliphatic heterocycles. The first-order chi connectivity index (χ1) is 60.1. The predicted octanol–water partition coefficient (Wildman–Crippen LogP) is 17.5. The summed E-state index contributed by atoms with van der Waals surface area (Å²) < 4.78 is 61.8. The van der Waals surface area contributed by atoms with E-state index in [9.17, 15) is 47.2 Å². The number of hydrogen-bond donors (Lipinski definition) is 11. The van der Waals surface area contributed by atoms with Gasteiger partial charge in [-0.05, 0) is 170 Å². The Kier molecular flexibility index (Phi) is 32.4. The monoisotopic (exact) mass is 1780 g/mol. The number of aromatic nitrogens is 5. The summed E-state index contributed by atoms with van der Waals surface area (Å²) in [5.74, 6) is 32.7.